The van der Waals surface area contributed by atoms with Crippen LogP contribution in [0.15, 0.2) is 111 Å². The summed E-state index contributed by atoms with van der Waals surface area (Å²) < 4.78 is 11.3. The van der Waals surface area contributed by atoms with E-state index in [9.17, 15) is 9.59 Å². The number of rotatable bonds is 7. The zero-order valence-corrected chi connectivity index (χ0v) is 20.1. The fourth-order valence-corrected chi connectivity index (χ4v) is 4.74. The standard InChI is InChI=1S/C28H21BrN2O4/c29-22-13-14-24(35-27(33)25-12-7-15-34-25)19(16-22)18-30-31-26(32)23-17-28(23,20-8-3-1-4-9-20)21-10-5-2-6-11-21/h1-16,18,23H,17H2,(H,31,32)/b30-18-/t23-/m0/s1. The van der Waals surface area contributed by atoms with Gasteiger partial charge in [0.2, 0.25) is 11.7 Å². The smallest absolute Gasteiger partial charge is 0.379 e. The van der Waals surface area contributed by atoms with Crippen LogP contribution in [0.2, 0.25) is 0 Å². The van der Waals surface area contributed by atoms with Crippen LogP contribution < -0.4 is 10.2 Å². The maximum atomic E-state index is 13.1. The number of esters is 1. The van der Waals surface area contributed by atoms with Crippen molar-refractivity contribution in [3.05, 3.63) is 124 Å². The third-order valence-corrected chi connectivity index (χ3v) is 6.62. The van der Waals surface area contributed by atoms with Crippen LogP contribution in [0.25, 0.3) is 0 Å². The molecule has 1 N–H and O–H groups in total. The molecule has 1 heterocycles. The van der Waals surface area contributed by atoms with Crippen LogP contribution in [0.4, 0.5) is 0 Å². The maximum absolute atomic E-state index is 13.1. The normalized spacial score (nSPS) is 16.1. The van der Waals surface area contributed by atoms with Crippen molar-refractivity contribution in [2.24, 2.45) is 11.0 Å². The van der Waals surface area contributed by atoms with E-state index in [0.717, 1.165) is 15.6 Å². The van der Waals surface area contributed by atoms with Gasteiger partial charge in [0.25, 0.3) is 0 Å². The molecule has 0 bridgehead atoms. The van der Waals surface area contributed by atoms with Gasteiger partial charge in [-0.05, 0) is 47.9 Å². The number of hydrogen-bond acceptors (Lipinski definition) is 5. The molecule has 6 nitrogen and oxygen atoms in total. The SMILES string of the molecule is O=C(Oc1ccc(Br)cc1/C=N\NC(=O)[C@@H]1CC1(c1ccccc1)c1ccccc1)c1ccco1. The molecule has 0 radical (unpaired) electrons. The van der Waals surface area contributed by atoms with Crippen molar-refractivity contribution in [3.8, 4) is 5.75 Å². The minimum absolute atomic E-state index is 0.0935. The highest BCUT2D eigenvalue weighted by Gasteiger charge is 2.60. The number of furan rings is 1. The first-order valence-corrected chi connectivity index (χ1v) is 11.9. The average molecular weight is 529 g/mol. The fourth-order valence-electron chi connectivity index (χ4n) is 4.36. The largest absolute Gasteiger partial charge is 0.457 e. The van der Waals surface area contributed by atoms with E-state index < -0.39 is 5.97 Å². The van der Waals surface area contributed by atoms with Gasteiger partial charge in [0.05, 0.1) is 18.4 Å². The van der Waals surface area contributed by atoms with Gasteiger partial charge >= 0.3 is 5.97 Å². The van der Waals surface area contributed by atoms with Crippen molar-refractivity contribution < 1.29 is 18.7 Å². The van der Waals surface area contributed by atoms with Crippen LogP contribution in [-0.2, 0) is 10.2 Å². The zero-order chi connectivity index (χ0) is 24.3. The summed E-state index contributed by atoms with van der Waals surface area (Å²) in [6, 6.07) is 28.4. The number of amides is 1. The Balaban J connectivity index is 1.33. The Labute approximate surface area is 210 Å². The van der Waals surface area contributed by atoms with E-state index in [1.807, 2.05) is 36.4 Å². The molecule has 1 atom stereocenters. The molecule has 0 unspecified atom stereocenters. The van der Waals surface area contributed by atoms with Crippen LogP contribution in [0.3, 0.4) is 0 Å². The number of hydrazone groups is 1. The molecule has 1 saturated carbocycles. The molecule has 4 aromatic rings. The van der Waals surface area contributed by atoms with E-state index >= 15 is 0 Å². The lowest BCUT2D eigenvalue weighted by Gasteiger charge is -2.18. The summed E-state index contributed by atoms with van der Waals surface area (Å²) in [6.45, 7) is 0. The molecular formula is C28H21BrN2O4. The lowest BCUT2D eigenvalue weighted by Crippen LogP contribution is -2.25. The summed E-state index contributed by atoms with van der Waals surface area (Å²) in [5.41, 5.74) is 5.03. The van der Waals surface area contributed by atoms with E-state index in [4.69, 9.17) is 9.15 Å². The minimum atomic E-state index is -0.621. The Morgan fingerprint density at radius 1 is 0.971 bits per heavy atom. The van der Waals surface area contributed by atoms with Crippen molar-refractivity contribution in [1.29, 1.82) is 0 Å². The molecule has 0 spiro atoms. The topological polar surface area (TPSA) is 80.9 Å². The number of benzene rings is 3. The monoisotopic (exact) mass is 528 g/mol. The number of nitrogens with zero attached hydrogens (tertiary/aromatic N) is 1. The first-order valence-electron chi connectivity index (χ1n) is 11.1. The van der Waals surface area contributed by atoms with Crippen LogP contribution in [-0.4, -0.2) is 18.1 Å². The van der Waals surface area contributed by atoms with Crippen molar-refractivity contribution in [3.63, 3.8) is 0 Å². The second-order valence-corrected chi connectivity index (χ2v) is 9.16. The van der Waals surface area contributed by atoms with Crippen molar-refractivity contribution in [1.82, 2.24) is 5.43 Å². The maximum Gasteiger partial charge on any atom is 0.379 e. The molecule has 7 heteroatoms. The van der Waals surface area contributed by atoms with Crippen LogP contribution in [0.1, 0.15) is 33.7 Å². The highest BCUT2D eigenvalue weighted by Crippen LogP contribution is 2.58. The second kappa shape index (κ2) is 9.72. The lowest BCUT2D eigenvalue weighted by molar-refractivity contribution is -0.122. The van der Waals surface area contributed by atoms with Gasteiger partial charge < -0.3 is 9.15 Å². The number of ether oxygens (including phenoxy) is 1. The predicted molar refractivity (Wildman–Crippen MR) is 135 cm³/mol. The Kier molecular flexibility index (Phi) is 6.33. The molecule has 1 aromatic heterocycles. The third-order valence-electron chi connectivity index (χ3n) is 6.13. The van der Waals surface area contributed by atoms with Crippen LogP contribution >= 0.6 is 15.9 Å². The number of halogens is 1. The fraction of sp³-hybridized carbons (Fsp3) is 0.107. The zero-order valence-electron chi connectivity index (χ0n) is 18.6. The van der Waals surface area contributed by atoms with Gasteiger partial charge in [-0.2, -0.15) is 5.10 Å². The number of carbonyl (C=O) groups excluding carboxylic acids is 2. The van der Waals surface area contributed by atoms with Gasteiger partial charge in [0, 0.05) is 15.5 Å². The Hall–Kier alpha value is -3.97. The number of hydrogen-bond donors (Lipinski definition) is 1. The number of nitrogens with one attached hydrogen (secondary N) is 1. The Morgan fingerprint density at radius 2 is 1.66 bits per heavy atom. The van der Waals surface area contributed by atoms with Crippen molar-refractivity contribution in [2.75, 3.05) is 0 Å². The van der Waals surface area contributed by atoms with Gasteiger partial charge in [0.1, 0.15) is 5.75 Å². The van der Waals surface area contributed by atoms with Gasteiger partial charge in [-0.25, -0.2) is 10.2 Å². The average Bonchev–Trinajstić information content (AvgIpc) is 3.41. The summed E-state index contributed by atoms with van der Waals surface area (Å²) in [5, 5.41) is 4.17. The van der Waals surface area contributed by atoms with Gasteiger partial charge in [-0.15, -0.1) is 0 Å². The van der Waals surface area contributed by atoms with E-state index in [0.29, 0.717) is 17.7 Å². The van der Waals surface area contributed by atoms with Gasteiger partial charge in [-0.1, -0.05) is 76.6 Å². The summed E-state index contributed by atoms with van der Waals surface area (Å²) in [7, 11) is 0. The van der Waals surface area contributed by atoms with Crippen molar-refractivity contribution in [2.45, 2.75) is 11.8 Å². The number of carbonyl (C=O) groups is 2. The van der Waals surface area contributed by atoms with Gasteiger partial charge in [-0.3, -0.25) is 4.79 Å². The van der Waals surface area contributed by atoms with Crippen LogP contribution in [0.5, 0.6) is 5.75 Å². The summed E-state index contributed by atoms with van der Waals surface area (Å²) in [4.78, 5) is 25.4. The Morgan fingerprint density at radius 3 is 2.29 bits per heavy atom. The molecule has 1 fully saturated rings. The summed E-state index contributed by atoms with van der Waals surface area (Å²) in [5.74, 6) is -0.649. The third kappa shape index (κ3) is 4.68. The summed E-state index contributed by atoms with van der Waals surface area (Å²) >= 11 is 3.41. The molecule has 174 valence electrons. The quantitative estimate of drug-likeness (QED) is 0.144. The molecule has 0 aliphatic heterocycles. The van der Waals surface area contributed by atoms with E-state index in [-0.39, 0.29) is 23.0 Å². The molecule has 35 heavy (non-hydrogen) atoms. The molecule has 1 aliphatic rings. The molecule has 1 amide bonds. The first kappa shape index (κ1) is 22.8. The highest BCUT2D eigenvalue weighted by atomic mass is 79.9. The van der Waals surface area contributed by atoms with E-state index in [2.05, 4.69) is 50.7 Å². The molecule has 5 rings (SSSR count). The molecule has 3 aromatic carbocycles. The predicted octanol–water partition coefficient (Wildman–Crippen LogP) is 5.72. The molecule has 0 saturated heterocycles. The van der Waals surface area contributed by atoms with Crippen LogP contribution in [0, 0.1) is 5.92 Å². The first-order chi connectivity index (χ1) is 17.1. The minimum Gasteiger partial charge on any atom is -0.457 e. The van der Waals surface area contributed by atoms with E-state index in [1.165, 1.54) is 18.5 Å². The Bertz CT molecular complexity index is 1330. The van der Waals surface area contributed by atoms with Gasteiger partial charge in [0.15, 0.2) is 0 Å². The van der Waals surface area contributed by atoms with E-state index in [1.54, 1.807) is 24.3 Å². The van der Waals surface area contributed by atoms with Crippen molar-refractivity contribution >= 4 is 34.0 Å². The lowest BCUT2D eigenvalue weighted by atomic mass is 9.85. The molecular weight excluding hydrogens is 508 g/mol. The summed E-state index contributed by atoms with van der Waals surface area (Å²) in [6.07, 6.45) is 3.56. The second-order valence-electron chi connectivity index (χ2n) is 8.24. The molecule has 1 aliphatic carbocycles. The highest BCUT2D eigenvalue weighted by molar-refractivity contribution is 9.10.